The van der Waals surface area contributed by atoms with Gasteiger partial charge in [0.05, 0.1) is 6.54 Å². The first-order valence-corrected chi connectivity index (χ1v) is 7.77. The fourth-order valence-electron chi connectivity index (χ4n) is 2.47. The molecule has 0 spiro atoms. The molecular formula is C15H21N3S. The Balaban J connectivity index is 1.68. The molecule has 1 N–H and O–H groups in total. The molecule has 0 aromatic heterocycles. The van der Waals surface area contributed by atoms with E-state index >= 15 is 0 Å². The van der Waals surface area contributed by atoms with Gasteiger partial charge in [0.1, 0.15) is 0 Å². The quantitative estimate of drug-likeness (QED) is 0.916. The highest BCUT2D eigenvalue weighted by Gasteiger charge is 2.35. The lowest BCUT2D eigenvalue weighted by molar-refractivity contribution is 0.773. The van der Waals surface area contributed by atoms with Crippen LogP contribution in [0, 0.1) is 12.8 Å². The molecule has 3 rings (SSSR count). The molecule has 19 heavy (non-hydrogen) atoms. The second-order valence-corrected chi connectivity index (χ2v) is 6.89. The number of amidine groups is 1. The summed E-state index contributed by atoms with van der Waals surface area (Å²) in [6.45, 7) is 3.13. The van der Waals surface area contributed by atoms with Gasteiger partial charge in [0.2, 0.25) is 0 Å². The van der Waals surface area contributed by atoms with Crippen LogP contribution in [-0.4, -0.2) is 31.1 Å². The summed E-state index contributed by atoms with van der Waals surface area (Å²) in [6, 6.07) is 6.49. The van der Waals surface area contributed by atoms with Gasteiger partial charge in [0.15, 0.2) is 5.17 Å². The van der Waals surface area contributed by atoms with Crippen LogP contribution in [0.4, 0.5) is 11.4 Å². The van der Waals surface area contributed by atoms with E-state index in [1.807, 2.05) is 11.8 Å². The number of anilines is 2. The number of thioether (sulfide) groups is 1. The zero-order valence-electron chi connectivity index (χ0n) is 11.8. The second kappa shape index (κ2) is 5.08. The van der Waals surface area contributed by atoms with Crippen LogP contribution in [0.3, 0.4) is 0 Å². The molecule has 102 valence electrons. The van der Waals surface area contributed by atoms with Crippen LogP contribution in [-0.2, 0) is 0 Å². The van der Waals surface area contributed by atoms with Crippen LogP contribution in [0.1, 0.15) is 18.4 Å². The Labute approximate surface area is 119 Å². The van der Waals surface area contributed by atoms with Gasteiger partial charge in [-0.3, -0.25) is 4.99 Å². The van der Waals surface area contributed by atoms with E-state index in [0.29, 0.717) is 0 Å². The standard InChI is InChI=1S/C15H21N3S/c1-10-4-7-12(8-13(10)18(2)3)17-15-16-9-14(19-15)11-5-6-11/h4,7-8,11,14H,5-6,9H2,1-3H3,(H,16,17). The number of rotatable bonds is 3. The van der Waals surface area contributed by atoms with Gasteiger partial charge in [-0.1, -0.05) is 17.8 Å². The van der Waals surface area contributed by atoms with Crippen molar-refractivity contribution in [3.63, 3.8) is 0 Å². The molecule has 0 saturated heterocycles. The largest absolute Gasteiger partial charge is 0.377 e. The van der Waals surface area contributed by atoms with Crippen molar-refractivity contribution in [2.45, 2.75) is 25.0 Å². The minimum Gasteiger partial charge on any atom is -0.377 e. The van der Waals surface area contributed by atoms with Gasteiger partial charge in [-0.25, -0.2) is 0 Å². The van der Waals surface area contributed by atoms with E-state index < -0.39 is 0 Å². The molecule has 1 aliphatic heterocycles. The molecule has 4 heteroatoms. The summed E-state index contributed by atoms with van der Waals surface area (Å²) >= 11 is 1.92. The van der Waals surface area contributed by atoms with Gasteiger partial charge in [-0.05, 0) is 43.4 Å². The lowest BCUT2D eigenvalue weighted by Gasteiger charge is -2.17. The maximum absolute atomic E-state index is 4.63. The van der Waals surface area contributed by atoms with Crippen LogP contribution >= 0.6 is 11.8 Å². The molecule has 0 amide bonds. The Morgan fingerprint density at radius 2 is 2.11 bits per heavy atom. The molecule has 1 aromatic rings. The van der Waals surface area contributed by atoms with E-state index in [1.54, 1.807) is 0 Å². The molecule has 0 radical (unpaired) electrons. The fourth-order valence-corrected chi connectivity index (χ4v) is 3.69. The normalized spacial score (nSPS) is 22.3. The van der Waals surface area contributed by atoms with Crippen LogP contribution in [0.25, 0.3) is 0 Å². The Morgan fingerprint density at radius 3 is 2.79 bits per heavy atom. The number of aliphatic imine (C=N–C) groups is 1. The average Bonchev–Trinajstić information content (AvgIpc) is 3.12. The maximum Gasteiger partial charge on any atom is 0.161 e. The highest BCUT2D eigenvalue weighted by Crippen LogP contribution is 2.42. The summed E-state index contributed by atoms with van der Waals surface area (Å²) < 4.78 is 0. The summed E-state index contributed by atoms with van der Waals surface area (Å²) in [6.07, 6.45) is 2.80. The van der Waals surface area contributed by atoms with E-state index in [1.165, 1.54) is 24.1 Å². The van der Waals surface area contributed by atoms with Crippen molar-refractivity contribution in [3.8, 4) is 0 Å². The molecule has 2 aliphatic rings. The molecule has 1 saturated carbocycles. The van der Waals surface area contributed by atoms with Crippen molar-refractivity contribution in [3.05, 3.63) is 23.8 Å². The summed E-state index contributed by atoms with van der Waals surface area (Å²) in [5, 5.41) is 5.27. The van der Waals surface area contributed by atoms with Gasteiger partial charge in [0.25, 0.3) is 0 Å². The van der Waals surface area contributed by atoms with E-state index in [2.05, 4.69) is 54.4 Å². The average molecular weight is 275 g/mol. The molecule has 1 aromatic carbocycles. The molecule has 0 bridgehead atoms. The van der Waals surface area contributed by atoms with Gasteiger partial charge in [-0.2, -0.15) is 0 Å². The van der Waals surface area contributed by atoms with Crippen LogP contribution < -0.4 is 10.2 Å². The molecule has 1 fully saturated rings. The van der Waals surface area contributed by atoms with E-state index in [4.69, 9.17) is 0 Å². The summed E-state index contributed by atoms with van der Waals surface area (Å²) in [5.74, 6) is 0.920. The minimum atomic E-state index is 0.723. The topological polar surface area (TPSA) is 27.6 Å². The highest BCUT2D eigenvalue weighted by molar-refractivity contribution is 8.15. The molecule has 3 nitrogen and oxygen atoms in total. The number of nitrogens with zero attached hydrogens (tertiary/aromatic N) is 2. The first-order chi connectivity index (χ1) is 9.13. The number of benzene rings is 1. The first kappa shape index (κ1) is 12.9. The number of hydrogen-bond donors (Lipinski definition) is 1. The van der Waals surface area contributed by atoms with Crippen molar-refractivity contribution in [1.29, 1.82) is 0 Å². The van der Waals surface area contributed by atoms with Crippen molar-refractivity contribution in [2.75, 3.05) is 30.9 Å². The van der Waals surface area contributed by atoms with Crippen molar-refractivity contribution >= 4 is 28.3 Å². The van der Waals surface area contributed by atoms with Gasteiger partial charge >= 0.3 is 0 Å². The molecular weight excluding hydrogens is 254 g/mol. The van der Waals surface area contributed by atoms with Crippen LogP contribution in [0.2, 0.25) is 0 Å². The Bertz CT molecular complexity index is 506. The third-order valence-corrected chi connectivity index (χ3v) is 5.06. The number of aryl methyl sites for hydroxylation is 1. The third-order valence-electron chi connectivity index (χ3n) is 3.77. The van der Waals surface area contributed by atoms with Gasteiger partial charge in [0, 0.05) is 30.7 Å². The van der Waals surface area contributed by atoms with Crippen LogP contribution in [0.15, 0.2) is 23.2 Å². The SMILES string of the molecule is Cc1ccc(NC2=NCC(C3CC3)S2)cc1N(C)C. The fraction of sp³-hybridized carbons (Fsp3) is 0.533. The van der Waals surface area contributed by atoms with Crippen molar-refractivity contribution < 1.29 is 0 Å². The van der Waals surface area contributed by atoms with Gasteiger partial charge in [-0.15, -0.1) is 0 Å². The minimum absolute atomic E-state index is 0.723. The molecule has 1 aliphatic carbocycles. The van der Waals surface area contributed by atoms with Crippen LogP contribution in [0.5, 0.6) is 0 Å². The number of hydrogen-bond acceptors (Lipinski definition) is 4. The van der Waals surface area contributed by atoms with Crippen molar-refractivity contribution in [2.24, 2.45) is 10.9 Å². The predicted octanol–water partition coefficient (Wildman–Crippen LogP) is 3.35. The van der Waals surface area contributed by atoms with E-state index in [-0.39, 0.29) is 0 Å². The highest BCUT2D eigenvalue weighted by atomic mass is 32.2. The molecule has 1 heterocycles. The first-order valence-electron chi connectivity index (χ1n) is 6.89. The molecule has 1 unspecified atom stereocenters. The molecule has 1 atom stereocenters. The van der Waals surface area contributed by atoms with Gasteiger partial charge < -0.3 is 10.2 Å². The number of nitrogens with one attached hydrogen (secondary N) is 1. The second-order valence-electron chi connectivity index (χ2n) is 5.66. The Morgan fingerprint density at radius 1 is 1.32 bits per heavy atom. The summed E-state index contributed by atoms with van der Waals surface area (Å²) in [5.41, 5.74) is 3.69. The summed E-state index contributed by atoms with van der Waals surface area (Å²) in [4.78, 5) is 6.78. The lowest BCUT2D eigenvalue weighted by atomic mass is 10.1. The Hall–Kier alpha value is -1.16. The van der Waals surface area contributed by atoms with E-state index in [0.717, 1.165) is 28.6 Å². The maximum atomic E-state index is 4.63. The zero-order chi connectivity index (χ0) is 13.4. The predicted molar refractivity (Wildman–Crippen MR) is 85.5 cm³/mol. The van der Waals surface area contributed by atoms with Crippen molar-refractivity contribution in [1.82, 2.24) is 0 Å². The Kier molecular flexibility index (Phi) is 3.44. The zero-order valence-corrected chi connectivity index (χ0v) is 12.6. The third kappa shape index (κ3) is 2.89. The smallest absolute Gasteiger partial charge is 0.161 e. The van der Waals surface area contributed by atoms with E-state index in [9.17, 15) is 0 Å². The lowest BCUT2D eigenvalue weighted by Crippen LogP contribution is -2.12. The summed E-state index contributed by atoms with van der Waals surface area (Å²) in [7, 11) is 4.16. The monoisotopic (exact) mass is 275 g/mol.